The van der Waals surface area contributed by atoms with Crippen LogP contribution in [0.4, 0.5) is 0 Å². The molecule has 0 spiro atoms. The third-order valence-electron chi connectivity index (χ3n) is 1.18. The molecule has 0 aliphatic carbocycles. The summed E-state index contributed by atoms with van der Waals surface area (Å²) < 4.78 is 1.00. The van der Waals surface area contributed by atoms with E-state index in [0.717, 1.165) is 14.6 Å². The molecule has 0 fully saturated rings. The molecule has 0 radical (unpaired) electrons. The fourth-order valence-corrected chi connectivity index (χ4v) is 1.91. The minimum Gasteiger partial charge on any atom is -0.133 e. The SMILES string of the molecule is C=Cc1cc(S)sc1C=C. The van der Waals surface area contributed by atoms with Crippen LogP contribution in [0.5, 0.6) is 0 Å². The highest BCUT2D eigenvalue weighted by molar-refractivity contribution is 7.82. The second kappa shape index (κ2) is 3.08. The van der Waals surface area contributed by atoms with Crippen LogP contribution in [0, 0.1) is 0 Å². The summed E-state index contributed by atoms with van der Waals surface area (Å²) in [6.45, 7) is 7.36. The Hall–Kier alpha value is -0.470. The summed E-state index contributed by atoms with van der Waals surface area (Å²) in [5.41, 5.74) is 1.12. The van der Waals surface area contributed by atoms with Crippen molar-refractivity contribution in [1.29, 1.82) is 0 Å². The van der Waals surface area contributed by atoms with Gasteiger partial charge in [-0.3, -0.25) is 0 Å². The van der Waals surface area contributed by atoms with Crippen molar-refractivity contribution >= 4 is 36.1 Å². The van der Waals surface area contributed by atoms with Crippen molar-refractivity contribution in [3.8, 4) is 0 Å². The lowest BCUT2D eigenvalue weighted by Gasteiger charge is -1.84. The van der Waals surface area contributed by atoms with E-state index in [4.69, 9.17) is 0 Å². The van der Waals surface area contributed by atoms with E-state index in [1.165, 1.54) is 0 Å². The molecule has 1 aromatic rings. The first-order chi connectivity index (χ1) is 4.77. The predicted octanol–water partition coefficient (Wildman–Crippen LogP) is 3.32. The molecule has 0 aliphatic heterocycles. The van der Waals surface area contributed by atoms with Gasteiger partial charge in [-0.15, -0.1) is 24.0 Å². The van der Waals surface area contributed by atoms with Gasteiger partial charge in [0.25, 0.3) is 0 Å². The van der Waals surface area contributed by atoms with Gasteiger partial charge >= 0.3 is 0 Å². The lowest BCUT2D eigenvalue weighted by molar-refractivity contribution is 1.71. The van der Waals surface area contributed by atoms with Crippen molar-refractivity contribution in [3.63, 3.8) is 0 Å². The highest BCUT2D eigenvalue weighted by Crippen LogP contribution is 2.26. The highest BCUT2D eigenvalue weighted by Gasteiger charge is 1.98. The van der Waals surface area contributed by atoms with Crippen LogP contribution in [0.3, 0.4) is 0 Å². The molecule has 1 rings (SSSR count). The quantitative estimate of drug-likeness (QED) is 0.643. The third-order valence-corrected chi connectivity index (χ3v) is 2.54. The standard InChI is InChI=1S/C8H8S2/c1-3-6-5-8(9)10-7(6)4-2/h3-5,9H,1-2H2. The Kier molecular flexibility index (Phi) is 2.35. The number of hydrogen-bond acceptors (Lipinski definition) is 2. The molecule has 0 unspecified atom stereocenters. The van der Waals surface area contributed by atoms with Gasteiger partial charge in [0, 0.05) is 4.88 Å². The number of thiophene rings is 1. The van der Waals surface area contributed by atoms with Crippen LogP contribution < -0.4 is 0 Å². The predicted molar refractivity (Wildman–Crippen MR) is 51.8 cm³/mol. The topological polar surface area (TPSA) is 0 Å². The second-order valence-electron chi connectivity index (χ2n) is 1.81. The number of hydrogen-bond donors (Lipinski definition) is 1. The van der Waals surface area contributed by atoms with Crippen molar-refractivity contribution in [1.82, 2.24) is 0 Å². The summed E-state index contributed by atoms with van der Waals surface area (Å²) in [7, 11) is 0. The van der Waals surface area contributed by atoms with Gasteiger partial charge in [-0.2, -0.15) is 0 Å². The highest BCUT2D eigenvalue weighted by atomic mass is 32.2. The van der Waals surface area contributed by atoms with Crippen molar-refractivity contribution in [2.45, 2.75) is 4.21 Å². The summed E-state index contributed by atoms with van der Waals surface area (Å²) in [6.07, 6.45) is 3.63. The van der Waals surface area contributed by atoms with E-state index in [0.29, 0.717) is 0 Å². The third kappa shape index (κ3) is 1.33. The average molecular weight is 168 g/mol. The first kappa shape index (κ1) is 7.63. The Balaban J connectivity index is 3.20. The Morgan fingerprint density at radius 2 is 2.10 bits per heavy atom. The fraction of sp³-hybridized carbons (Fsp3) is 0. The molecule has 0 saturated carbocycles. The van der Waals surface area contributed by atoms with Crippen LogP contribution in [0.25, 0.3) is 12.2 Å². The van der Waals surface area contributed by atoms with E-state index in [9.17, 15) is 0 Å². The van der Waals surface area contributed by atoms with E-state index in [-0.39, 0.29) is 0 Å². The lowest BCUT2D eigenvalue weighted by Crippen LogP contribution is -1.64. The molecule has 0 aromatic carbocycles. The minimum absolute atomic E-state index is 1.00. The number of thiol groups is 1. The van der Waals surface area contributed by atoms with E-state index >= 15 is 0 Å². The Morgan fingerprint density at radius 1 is 1.40 bits per heavy atom. The van der Waals surface area contributed by atoms with Gasteiger partial charge in [0.1, 0.15) is 0 Å². The summed E-state index contributed by atoms with van der Waals surface area (Å²) in [5, 5.41) is 0. The molecular formula is C8H8S2. The average Bonchev–Trinajstić information content (AvgIpc) is 2.30. The Morgan fingerprint density at radius 3 is 2.50 bits per heavy atom. The molecule has 2 heteroatoms. The van der Waals surface area contributed by atoms with Crippen LogP contribution in [0.1, 0.15) is 10.4 Å². The molecule has 0 bridgehead atoms. The van der Waals surface area contributed by atoms with Gasteiger partial charge in [0.15, 0.2) is 0 Å². The largest absolute Gasteiger partial charge is 0.133 e. The molecule has 0 atom stereocenters. The maximum atomic E-state index is 4.21. The maximum Gasteiger partial charge on any atom is 0.0580 e. The molecule has 0 nitrogen and oxygen atoms in total. The second-order valence-corrected chi connectivity index (χ2v) is 3.68. The number of rotatable bonds is 2. The Labute approximate surface area is 70.3 Å². The molecule has 1 aromatic heterocycles. The molecule has 10 heavy (non-hydrogen) atoms. The van der Waals surface area contributed by atoms with Gasteiger partial charge in [-0.1, -0.05) is 25.3 Å². The zero-order valence-electron chi connectivity index (χ0n) is 5.50. The van der Waals surface area contributed by atoms with E-state index in [1.54, 1.807) is 11.3 Å². The zero-order valence-corrected chi connectivity index (χ0v) is 7.21. The van der Waals surface area contributed by atoms with Crippen molar-refractivity contribution < 1.29 is 0 Å². The smallest absolute Gasteiger partial charge is 0.0580 e. The van der Waals surface area contributed by atoms with Gasteiger partial charge in [0.2, 0.25) is 0 Å². The van der Waals surface area contributed by atoms with Crippen LogP contribution in [0.2, 0.25) is 0 Å². The molecule has 0 aliphatic rings. The zero-order chi connectivity index (χ0) is 7.56. The van der Waals surface area contributed by atoms with Crippen LogP contribution in [-0.2, 0) is 0 Å². The normalized spacial score (nSPS) is 9.30. The molecule has 0 N–H and O–H groups in total. The van der Waals surface area contributed by atoms with Gasteiger partial charge in [-0.05, 0) is 11.6 Å². The Bertz CT molecular complexity index is 233. The van der Waals surface area contributed by atoms with E-state index in [2.05, 4.69) is 25.8 Å². The first-order valence-electron chi connectivity index (χ1n) is 2.85. The lowest BCUT2D eigenvalue weighted by atomic mass is 10.2. The van der Waals surface area contributed by atoms with Crippen LogP contribution in [-0.4, -0.2) is 0 Å². The van der Waals surface area contributed by atoms with Crippen LogP contribution in [0.15, 0.2) is 23.4 Å². The maximum absolute atomic E-state index is 4.21. The van der Waals surface area contributed by atoms with E-state index in [1.807, 2.05) is 18.2 Å². The van der Waals surface area contributed by atoms with Crippen molar-refractivity contribution in [3.05, 3.63) is 29.7 Å². The van der Waals surface area contributed by atoms with E-state index < -0.39 is 0 Å². The molecule has 1 heterocycles. The van der Waals surface area contributed by atoms with Crippen molar-refractivity contribution in [2.75, 3.05) is 0 Å². The minimum atomic E-state index is 1.00. The monoisotopic (exact) mass is 168 g/mol. The summed E-state index contributed by atoms with van der Waals surface area (Å²) in [4.78, 5) is 1.14. The van der Waals surface area contributed by atoms with Crippen LogP contribution >= 0.6 is 24.0 Å². The summed E-state index contributed by atoms with van der Waals surface area (Å²) >= 11 is 5.82. The molecule has 52 valence electrons. The van der Waals surface area contributed by atoms with Gasteiger partial charge in [-0.25, -0.2) is 0 Å². The first-order valence-corrected chi connectivity index (χ1v) is 4.12. The van der Waals surface area contributed by atoms with Gasteiger partial charge < -0.3 is 0 Å². The molecular weight excluding hydrogens is 160 g/mol. The molecule has 0 saturated heterocycles. The summed E-state index contributed by atoms with van der Waals surface area (Å²) in [6, 6.07) is 1.98. The van der Waals surface area contributed by atoms with Gasteiger partial charge in [0.05, 0.1) is 4.21 Å². The van der Waals surface area contributed by atoms with Crippen molar-refractivity contribution in [2.24, 2.45) is 0 Å². The fourth-order valence-electron chi connectivity index (χ4n) is 0.724. The summed E-state index contributed by atoms with van der Waals surface area (Å²) in [5.74, 6) is 0. The molecule has 0 amide bonds.